The molecule has 0 saturated heterocycles. The van der Waals surface area contributed by atoms with E-state index >= 15 is 0 Å². The molecule has 0 saturated carbocycles. The van der Waals surface area contributed by atoms with Gasteiger partial charge in [0.2, 0.25) is 0 Å². The lowest BCUT2D eigenvalue weighted by molar-refractivity contribution is 1.18. The maximum Gasteiger partial charge on any atom is 0.0541 e. The minimum absolute atomic E-state index is 1.16. The first-order chi connectivity index (χ1) is 21.8. The van der Waals surface area contributed by atoms with E-state index in [1.807, 2.05) is 11.3 Å². The van der Waals surface area contributed by atoms with Gasteiger partial charge in [-0.3, -0.25) is 0 Å². The lowest BCUT2D eigenvalue weighted by atomic mass is 9.99. The zero-order chi connectivity index (χ0) is 29.0. The van der Waals surface area contributed by atoms with Crippen LogP contribution in [0.4, 0.5) is 0 Å². The van der Waals surface area contributed by atoms with Crippen LogP contribution in [0.3, 0.4) is 0 Å². The van der Waals surface area contributed by atoms with Gasteiger partial charge in [-0.05, 0) is 88.0 Å². The van der Waals surface area contributed by atoms with Gasteiger partial charge in [0.05, 0.1) is 11.0 Å². The Hall–Kier alpha value is -5.44. The van der Waals surface area contributed by atoms with Crippen molar-refractivity contribution in [3.8, 4) is 39.1 Å². The number of nitrogens with zero attached hydrogens (tertiary/aromatic N) is 1. The third-order valence-electron chi connectivity index (χ3n) is 8.81. The molecular formula is C42H27NS. The summed E-state index contributed by atoms with van der Waals surface area (Å²) in [6.07, 6.45) is 0. The van der Waals surface area contributed by atoms with E-state index in [0.717, 1.165) is 5.69 Å². The molecule has 0 bridgehead atoms. The summed E-state index contributed by atoms with van der Waals surface area (Å²) in [7, 11) is 0. The van der Waals surface area contributed by atoms with Gasteiger partial charge in [-0.15, -0.1) is 11.3 Å². The van der Waals surface area contributed by atoms with Crippen LogP contribution in [0.15, 0.2) is 164 Å². The Morgan fingerprint density at radius 2 is 0.773 bits per heavy atom. The van der Waals surface area contributed by atoms with Crippen LogP contribution in [0, 0.1) is 0 Å². The molecule has 0 fully saturated rings. The van der Waals surface area contributed by atoms with Crippen LogP contribution in [-0.4, -0.2) is 4.57 Å². The third-order valence-corrected chi connectivity index (χ3v) is 9.97. The Morgan fingerprint density at radius 3 is 1.43 bits per heavy atom. The van der Waals surface area contributed by atoms with Crippen molar-refractivity contribution >= 4 is 53.3 Å². The van der Waals surface area contributed by atoms with Crippen molar-refractivity contribution in [2.45, 2.75) is 0 Å². The standard InChI is InChI=1S/C42H27NS/c1-3-9-28(10-4-1)30-15-20-34(21-16-30)43-39-22-17-31(29-11-5-2-6-12-29)25-36(39)37-26-32(18-23-40(37)43)33-19-24-42-38(27-33)35-13-7-8-14-41(35)44-42/h1-27H. The molecule has 0 unspecified atom stereocenters. The van der Waals surface area contributed by atoms with Gasteiger partial charge in [0.15, 0.2) is 0 Å². The number of fused-ring (bicyclic) bond motifs is 6. The molecule has 0 amide bonds. The molecule has 7 aromatic carbocycles. The van der Waals surface area contributed by atoms with Crippen molar-refractivity contribution in [1.82, 2.24) is 4.57 Å². The summed E-state index contributed by atoms with van der Waals surface area (Å²) >= 11 is 1.87. The predicted molar refractivity (Wildman–Crippen MR) is 190 cm³/mol. The van der Waals surface area contributed by atoms with Crippen LogP contribution in [0.5, 0.6) is 0 Å². The number of rotatable bonds is 4. The molecule has 44 heavy (non-hydrogen) atoms. The van der Waals surface area contributed by atoms with Crippen molar-refractivity contribution in [2.24, 2.45) is 0 Å². The number of thiophene rings is 1. The lowest BCUT2D eigenvalue weighted by Crippen LogP contribution is -1.94. The monoisotopic (exact) mass is 577 g/mol. The van der Waals surface area contributed by atoms with E-state index < -0.39 is 0 Å². The molecule has 0 spiro atoms. The Balaban J connectivity index is 1.25. The van der Waals surface area contributed by atoms with Gasteiger partial charge in [0, 0.05) is 36.6 Å². The van der Waals surface area contributed by atoms with Gasteiger partial charge in [-0.2, -0.15) is 0 Å². The van der Waals surface area contributed by atoms with Crippen LogP contribution in [-0.2, 0) is 0 Å². The van der Waals surface area contributed by atoms with Gasteiger partial charge in [0.1, 0.15) is 0 Å². The minimum Gasteiger partial charge on any atom is -0.309 e. The van der Waals surface area contributed by atoms with Gasteiger partial charge in [-0.25, -0.2) is 0 Å². The quantitative estimate of drug-likeness (QED) is 0.196. The van der Waals surface area contributed by atoms with Gasteiger partial charge >= 0.3 is 0 Å². The van der Waals surface area contributed by atoms with Crippen molar-refractivity contribution < 1.29 is 0 Å². The minimum atomic E-state index is 1.16. The normalized spacial score (nSPS) is 11.6. The number of benzene rings is 7. The second-order valence-electron chi connectivity index (χ2n) is 11.4. The number of hydrogen-bond acceptors (Lipinski definition) is 1. The Bertz CT molecular complexity index is 2470. The molecule has 0 radical (unpaired) electrons. The molecular weight excluding hydrogens is 551 g/mol. The summed E-state index contributed by atoms with van der Waals surface area (Å²) in [6.45, 7) is 0. The summed E-state index contributed by atoms with van der Waals surface area (Å²) < 4.78 is 5.08. The van der Waals surface area contributed by atoms with E-state index in [0.29, 0.717) is 0 Å². The van der Waals surface area contributed by atoms with Crippen LogP contribution in [0.2, 0.25) is 0 Å². The van der Waals surface area contributed by atoms with Gasteiger partial charge in [0.25, 0.3) is 0 Å². The summed E-state index contributed by atoms with van der Waals surface area (Å²) in [4.78, 5) is 0. The van der Waals surface area contributed by atoms with Crippen molar-refractivity contribution in [3.63, 3.8) is 0 Å². The van der Waals surface area contributed by atoms with Crippen LogP contribution < -0.4 is 0 Å². The summed E-state index contributed by atoms with van der Waals surface area (Å²) in [5, 5.41) is 5.18. The Morgan fingerprint density at radius 1 is 0.318 bits per heavy atom. The second-order valence-corrected chi connectivity index (χ2v) is 12.5. The first-order valence-electron chi connectivity index (χ1n) is 15.0. The number of aromatic nitrogens is 1. The smallest absolute Gasteiger partial charge is 0.0541 e. The molecule has 9 aromatic rings. The molecule has 2 aromatic heterocycles. The highest BCUT2D eigenvalue weighted by molar-refractivity contribution is 7.25. The van der Waals surface area contributed by atoms with E-state index in [1.54, 1.807) is 0 Å². The van der Waals surface area contributed by atoms with E-state index in [1.165, 1.54) is 75.4 Å². The van der Waals surface area contributed by atoms with E-state index in [2.05, 4.69) is 168 Å². The van der Waals surface area contributed by atoms with E-state index in [4.69, 9.17) is 0 Å². The molecule has 2 heteroatoms. The summed E-state index contributed by atoms with van der Waals surface area (Å²) in [5.74, 6) is 0. The highest BCUT2D eigenvalue weighted by Crippen LogP contribution is 2.40. The molecule has 0 aliphatic rings. The summed E-state index contributed by atoms with van der Waals surface area (Å²) in [6, 6.07) is 59.7. The molecule has 0 N–H and O–H groups in total. The summed E-state index contributed by atoms with van der Waals surface area (Å²) in [5.41, 5.74) is 11.0. The molecule has 9 rings (SSSR count). The van der Waals surface area contributed by atoms with Crippen molar-refractivity contribution in [3.05, 3.63) is 164 Å². The first-order valence-corrected chi connectivity index (χ1v) is 15.8. The zero-order valence-corrected chi connectivity index (χ0v) is 24.8. The fourth-order valence-electron chi connectivity index (χ4n) is 6.63. The Kier molecular flexibility index (Phi) is 5.75. The first kappa shape index (κ1) is 25.1. The molecule has 2 heterocycles. The van der Waals surface area contributed by atoms with E-state index in [9.17, 15) is 0 Å². The topological polar surface area (TPSA) is 4.93 Å². The highest BCUT2D eigenvalue weighted by Gasteiger charge is 2.15. The largest absolute Gasteiger partial charge is 0.309 e. The van der Waals surface area contributed by atoms with Gasteiger partial charge < -0.3 is 4.57 Å². The van der Waals surface area contributed by atoms with Crippen molar-refractivity contribution in [2.75, 3.05) is 0 Å². The molecule has 0 aliphatic heterocycles. The van der Waals surface area contributed by atoms with Crippen LogP contribution in [0.1, 0.15) is 0 Å². The molecule has 1 nitrogen and oxygen atoms in total. The maximum atomic E-state index is 2.41. The molecule has 206 valence electrons. The SMILES string of the molecule is c1ccc(-c2ccc(-n3c4ccc(-c5ccccc5)cc4c4cc(-c5ccc6sc7ccccc7c6c5)ccc43)cc2)cc1. The molecule has 0 aliphatic carbocycles. The maximum absolute atomic E-state index is 2.41. The van der Waals surface area contributed by atoms with Gasteiger partial charge in [-0.1, -0.05) is 109 Å². The van der Waals surface area contributed by atoms with Crippen LogP contribution in [0.25, 0.3) is 81.0 Å². The fourth-order valence-corrected chi connectivity index (χ4v) is 7.72. The average molecular weight is 578 g/mol. The number of hydrogen-bond donors (Lipinski definition) is 0. The lowest BCUT2D eigenvalue weighted by Gasteiger charge is -2.10. The third kappa shape index (κ3) is 4.07. The second kappa shape index (κ2) is 10.1. The molecule has 0 atom stereocenters. The van der Waals surface area contributed by atoms with E-state index in [-0.39, 0.29) is 0 Å². The highest BCUT2D eigenvalue weighted by atomic mass is 32.1. The Labute approximate surface area is 259 Å². The van der Waals surface area contributed by atoms with Crippen molar-refractivity contribution in [1.29, 1.82) is 0 Å². The fraction of sp³-hybridized carbons (Fsp3) is 0. The predicted octanol–water partition coefficient (Wildman–Crippen LogP) is 12.2. The van der Waals surface area contributed by atoms with Crippen LogP contribution >= 0.6 is 11.3 Å². The average Bonchev–Trinajstić information content (AvgIpc) is 3.64. The zero-order valence-electron chi connectivity index (χ0n) is 23.9.